The van der Waals surface area contributed by atoms with Crippen molar-refractivity contribution in [3.8, 4) is 5.69 Å². The van der Waals surface area contributed by atoms with Crippen LogP contribution in [0.25, 0.3) is 16.9 Å². The molecule has 0 fully saturated rings. The molecule has 0 bridgehead atoms. The molecule has 0 aliphatic heterocycles. The summed E-state index contributed by atoms with van der Waals surface area (Å²) in [5, 5.41) is 4.89. The first-order chi connectivity index (χ1) is 9.91. The second-order valence-corrected chi connectivity index (χ2v) is 6.27. The van der Waals surface area contributed by atoms with Gasteiger partial charge in [-0.15, -0.1) is 11.6 Å². The molecule has 1 aromatic carbocycles. The van der Waals surface area contributed by atoms with Gasteiger partial charge in [0.2, 0.25) is 0 Å². The molecule has 0 saturated heterocycles. The predicted octanol–water partition coefficient (Wildman–Crippen LogP) is 4.33. The fraction of sp³-hybridized carbons (Fsp3) is 0.333. The number of hydrogen-bond acceptors (Lipinski definition) is 2. The van der Waals surface area contributed by atoms with Gasteiger partial charge in [0.15, 0.2) is 5.65 Å². The average Bonchev–Trinajstić information content (AvgIpc) is 2.90. The van der Waals surface area contributed by atoms with Crippen LogP contribution in [0.15, 0.2) is 18.2 Å². The summed E-state index contributed by atoms with van der Waals surface area (Å²) in [4.78, 5) is 4.68. The number of hydrogen-bond donors (Lipinski definition) is 0. The van der Waals surface area contributed by atoms with Crippen molar-refractivity contribution in [1.29, 1.82) is 0 Å². The normalized spacial score (nSPS) is 13.0. The van der Waals surface area contributed by atoms with Crippen molar-refractivity contribution in [2.75, 3.05) is 0 Å². The van der Waals surface area contributed by atoms with Crippen molar-refractivity contribution in [3.63, 3.8) is 0 Å². The molecule has 0 aliphatic rings. The molecule has 0 N–H and O–H groups in total. The van der Waals surface area contributed by atoms with Crippen LogP contribution in [0.4, 0.5) is 0 Å². The van der Waals surface area contributed by atoms with Gasteiger partial charge >= 0.3 is 0 Å². The monoisotopic (exact) mass is 322 g/mol. The van der Waals surface area contributed by atoms with Crippen LogP contribution < -0.4 is 0 Å². The highest BCUT2D eigenvalue weighted by Crippen LogP contribution is 2.33. The molecular formula is C15H16Cl2N4. The Bertz CT molecular complexity index is 810. The number of fused-ring (bicyclic) bond motifs is 1. The molecule has 0 amide bonds. The van der Waals surface area contributed by atoms with Crippen molar-refractivity contribution in [2.45, 2.75) is 26.1 Å². The summed E-state index contributed by atoms with van der Waals surface area (Å²) in [6, 6.07) is 5.84. The molecular weight excluding hydrogens is 307 g/mol. The van der Waals surface area contributed by atoms with E-state index in [9.17, 15) is 0 Å². The summed E-state index contributed by atoms with van der Waals surface area (Å²) in [6.07, 6.45) is 0. The van der Waals surface area contributed by atoms with Crippen molar-refractivity contribution in [3.05, 3.63) is 40.3 Å². The SMILES string of the molecule is Cc1cccc(Cl)c1-n1c(C(C)Cl)nc2c(C)nn(C)c21. The van der Waals surface area contributed by atoms with Gasteiger partial charge in [-0.25, -0.2) is 9.67 Å². The van der Waals surface area contributed by atoms with Crippen LogP contribution >= 0.6 is 23.2 Å². The second-order valence-electron chi connectivity index (χ2n) is 5.21. The molecule has 1 unspecified atom stereocenters. The van der Waals surface area contributed by atoms with E-state index in [4.69, 9.17) is 23.2 Å². The zero-order valence-corrected chi connectivity index (χ0v) is 13.9. The predicted molar refractivity (Wildman–Crippen MR) is 86.6 cm³/mol. The van der Waals surface area contributed by atoms with E-state index in [0.717, 1.165) is 33.9 Å². The van der Waals surface area contributed by atoms with Crippen molar-refractivity contribution in [1.82, 2.24) is 19.3 Å². The van der Waals surface area contributed by atoms with E-state index in [0.29, 0.717) is 5.02 Å². The highest BCUT2D eigenvalue weighted by atomic mass is 35.5. The summed E-state index contributed by atoms with van der Waals surface area (Å²) in [7, 11) is 1.91. The van der Waals surface area contributed by atoms with Crippen molar-refractivity contribution < 1.29 is 0 Å². The first-order valence-electron chi connectivity index (χ1n) is 6.73. The Morgan fingerprint density at radius 1 is 1.24 bits per heavy atom. The Kier molecular flexibility index (Phi) is 3.46. The van der Waals surface area contributed by atoms with E-state index < -0.39 is 0 Å². The number of alkyl halides is 1. The lowest BCUT2D eigenvalue weighted by Gasteiger charge is -2.15. The number of imidazole rings is 1. The zero-order chi connectivity index (χ0) is 15.3. The summed E-state index contributed by atoms with van der Waals surface area (Å²) in [5.74, 6) is 0.777. The Morgan fingerprint density at radius 2 is 1.95 bits per heavy atom. The highest BCUT2D eigenvalue weighted by molar-refractivity contribution is 6.32. The number of nitrogens with zero attached hydrogens (tertiary/aromatic N) is 4. The van der Waals surface area contributed by atoms with Gasteiger partial charge in [0, 0.05) is 7.05 Å². The molecule has 6 heteroatoms. The Hall–Kier alpha value is -1.52. The molecule has 21 heavy (non-hydrogen) atoms. The maximum atomic E-state index is 6.44. The van der Waals surface area contributed by atoms with Crippen molar-refractivity contribution in [2.24, 2.45) is 7.05 Å². The third-order valence-electron chi connectivity index (χ3n) is 3.60. The summed E-state index contributed by atoms with van der Waals surface area (Å²) >= 11 is 12.8. The summed E-state index contributed by atoms with van der Waals surface area (Å²) in [6.45, 7) is 5.88. The minimum absolute atomic E-state index is 0.229. The lowest BCUT2D eigenvalue weighted by Crippen LogP contribution is -2.08. The van der Waals surface area contributed by atoms with E-state index >= 15 is 0 Å². The van der Waals surface area contributed by atoms with Gasteiger partial charge in [-0.1, -0.05) is 23.7 Å². The topological polar surface area (TPSA) is 35.6 Å². The van der Waals surface area contributed by atoms with Gasteiger partial charge < -0.3 is 0 Å². The zero-order valence-electron chi connectivity index (χ0n) is 12.4. The van der Waals surface area contributed by atoms with E-state index in [2.05, 4.69) is 10.1 Å². The van der Waals surface area contributed by atoms with E-state index in [1.54, 1.807) is 0 Å². The van der Waals surface area contributed by atoms with Crippen LogP contribution in [0.5, 0.6) is 0 Å². The van der Waals surface area contributed by atoms with Crippen LogP contribution in [0.3, 0.4) is 0 Å². The number of halogens is 2. The minimum atomic E-state index is -0.229. The number of rotatable bonds is 2. The molecule has 0 spiro atoms. The maximum absolute atomic E-state index is 6.44. The first kappa shape index (κ1) is 14.4. The molecule has 0 radical (unpaired) electrons. The van der Waals surface area contributed by atoms with Crippen molar-refractivity contribution >= 4 is 34.4 Å². The van der Waals surface area contributed by atoms with Gasteiger partial charge in [0.25, 0.3) is 0 Å². The fourth-order valence-corrected chi connectivity index (χ4v) is 3.14. The van der Waals surface area contributed by atoms with Gasteiger partial charge in [-0.3, -0.25) is 4.57 Å². The van der Waals surface area contributed by atoms with Crippen LogP contribution in [0.1, 0.15) is 29.4 Å². The van der Waals surface area contributed by atoms with Crippen LogP contribution in [0.2, 0.25) is 5.02 Å². The van der Waals surface area contributed by atoms with Gasteiger partial charge in [-0.05, 0) is 32.4 Å². The molecule has 2 aromatic heterocycles. The van der Waals surface area contributed by atoms with Crippen LogP contribution in [0, 0.1) is 13.8 Å². The smallest absolute Gasteiger partial charge is 0.163 e. The number of aromatic nitrogens is 4. The lowest BCUT2D eigenvalue weighted by molar-refractivity contribution is 0.747. The molecule has 0 aliphatic carbocycles. The number of benzene rings is 1. The Labute approximate surface area is 133 Å². The van der Waals surface area contributed by atoms with Gasteiger partial charge in [0.05, 0.1) is 21.8 Å². The second kappa shape index (κ2) is 5.04. The lowest BCUT2D eigenvalue weighted by atomic mass is 10.2. The standard InChI is InChI=1S/C15H16Cl2N4/c1-8-6-5-7-11(17)13(8)21-14(9(2)16)18-12-10(3)19-20(4)15(12)21/h5-7,9H,1-4H3. The third kappa shape index (κ3) is 2.14. The first-order valence-corrected chi connectivity index (χ1v) is 7.54. The van der Waals surface area contributed by atoms with Gasteiger partial charge in [-0.2, -0.15) is 5.10 Å². The highest BCUT2D eigenvalue weighted by Gasteiger charge is 2.23. The molecule has 2 heterocycles. The fourth-order valence-electron chi connectivity index (χ4n) is 2.68. The summed E-state index contributed by atoms with van der Waals surface area (Å²) < 4.78 is 3.84. The quantitative estimate of drug-likeness (QED) is 0.658. The van der Waals surface area contributed by atoms with Crippen LogP contribution in [-0.2, 0) is 7.05 Å². The molecule has 1 atom stereocenters. The van der Waals surface area contributed by atoms with E-state index in [-0.39, 0.29) is 5.38 Å². The largest absolute Gasteiger partial charge is 0.278 e. The molecule has 4 nitrogen and oxygen atoms in total. The van der Waals surface area contributed by atoms with Gasteiger partial charge in [0.1, 0.15) is 11.3 Å². The Balaban J connectivity index is 2.48. The molecule has 110 valence electrons. The number of aryl methyl sites for hydroxylation is 3. The molecule has 3 aromatic rings. The maximum Gasteiger partial charge on any atom is 0.163 e. The minimum Gasteiger partial charge on any atom is -0.278 e. The Morgan fingerprint density at radius 3 is 2.57 bits per heavy atom. The summed E-state index contributed by atoms with van der Waals surface area (Å²) in [5.41, 5.74) is 4.63. The molecule has 0 saturated carbocycles. The van der Waals surface area contributed by atoms with Crippen LogP contribution in [-0.4, -0.2) is 19.3 Å². The number of para-hydroxylation sites is 1. The third-order valence-corrected chi connectivity index (χ3v) is 4.10. The van der Waals surface area contributed by atoms with E-state index in [1.165, 1.54) is 0 Å². The average molecular weight is 323 g/mol. The van der Waals surface area contributed by atoms with E-state index in [1.807, 2.05) is 55.3 Å². The molecule has 3 rings (SSSR count).